The van der Waals surface area contributed by atoms with Gasteiger partial charge < -0.3 is 24.8 Å². The van der Waals surface area contributed by atoms with Crippen LogP contribution in [0.2, 0.25) is 0 Å². The molecule has 28 heavy (non-hydrogen) atoms. The van der Waals surface area contributed by atoms with Crippen molar-refractivity contribution in [1.29, 1.82) is 0 Å². The van der Waals surface area contributed by atoms with E-state index in [2.05, 4.69) is 34.6 Å². The smallest absolute Gasteiger partial charge is 0.231 e. The van der Waals surface area contributed by atoms with Crippen molar-refractivity contribution in [1.82, 2.24) is 15.5 Å². The van der Waals surface area contributed by atoms with Gasteiger partial charge in [-0.15, -0.1) is 24.0 Å². The molecular weight excluding hydrogens is 471 g/mol. The van der Waals surface area contributed by atoms with E-state index in [1.165, 1.54) is 12.0 Å². The fourth-order valence-electron chi connectivity index (χ4n) is 3.23. The third-order valence-corrected chi connectivity index (χ3v) is 4.74. The highest BCUT2D eigenvalue weighted by atomic mass is 127. The SMILES string of the molecule is CCNC(=NCCCCN1CCOCC1)NCCc1ccc2c(c1)OCO2.I. The highest BCUT2D eigenvalue weighted by molar-refractivity contribution is 14.0. The van der Waals surface area contributed by atoms with Crippen LogP contribution in [0.3, 0.4) is 0 Å². The predicted octanol–water partition coefficient (Wildman–Crippen LogP) is 2.24. The summed E-state index contributed by atoms with van der Waals surface area (Å²) in [5.41, 5.74) is 1.23. The minimum Gasteiger partial charge on any atom is -0.454 e. The number of hydrogen-bond donors (Lipinski definition) is 2. The van der Waals surface area contributed by atoms with E-state index >= 15 is 0 Å². The summed E-state index contributed by atoms with van der Waals surface area (Å²) in [6, 6.07) is 6.12. The predicted molar refractivity (Wildman–Crippen MR) is 122 cm³/mol. The van der Waals surface area contributed by atoms with Crippen LogP contribution < -0.4 is 20.1 Å². The van der Waals surface area contributed by atoms with Gasteiger partial charge in [-0.3, -0.25) is 9.89 Å². The summed E-state index contributed by atoms with van der Waals surface area (Å²) in [5.74, 6) is 2.57. The van der Waals surface area contributed by atoms with Crippen LogP contribution in [0.1, 0.15) is 25.3 Å². The number of hydrogen-bond acceptors (Lipinski definition) is 5. The number of rotatable bonds is 9. The van der Waals surface area contributed by atoms with Gasteiger partial charge in [0.05, 0.1) is 13.2 Å². The first-order valence-electron chi connectivity index (χ1n) is 10.1. The molecule has 0 unspecified atom stereocenters. The lowest BCUT2D eigenvalue weighted by molar-refractivity contribution is 0.0373. The van der Waals surface area contributed by atoms with Gasteiger partial charge in [0.25, 0.3) is 0 Å². The lowest BCUT2D eigenvalue weighted by Gasteiger charge is -2.26. The van der Waals surface area contributed by atoms with Gasteiger partial charge in [0.2, 0.25) is 6.79 Å². The third kappa shape index (κ3) is 7.63. The Morgan fingerprint density at radius 3 is 2.75 bits per heavy atom. The van der Waals surface area contributed by atoms with Gasteiger partial charge in [-0.1, -0.05) is 6.07 Å². The molecule has 1 fully saturated rings. The number of aliphatic imine (C=N–C) groups is 1. The van der Waals surface area contributed by atoms with E-state index < -0.39 is 0 Å². The maximum absolute atomic E-state index is 5.44. The second-order valence-electron chi connectivity index (χ2n) is 6.79. The first-order valence-corrected chi connectivity index (χ1v) is 10.1. The maximum Gasteiger partial charge on any atom is 0.231 e. The Labute approximate surface area is 185 Å². The third-order valence-electron chi connectivity index (χ3n) is 4.74. The second kappa shape index (κ2) is 13.1. The molecule has 2 heterocycles. The van der Waals surface area contributed by atoms with E-state index in [9.17, 15) is 0 Å². The Morgan fingerprint density at radius 1 is 1.11 bits per heavy atom. The van der Waals surface area contributed by atoms with E-state index in [1.54, 1.807) is 0 Å². The van der Waals surface area contributed by atoms with Crippen LogP contribution in [0.25, 0.3) is 0 Å². The van der Waals surface area contributed by atoms with Gasteiger partial charge in [0, 0.05) is 32.7 Å². The highest BCUT2D eigenvalue weighted by Crippen LogP contribution is 2.32. The van der Waals surface area contributed by atoms with Crippen LogP contribution in [0.15, 0.2) is 23.2 Å². The molecule has 2 aliphatic heterocycles. The van der Waals surface area contributed by atoms with E-state index in [0.717, 1.165) is 82.8 Å². The van der Waals surface area contributed by atoms with Crippen molar-refractivity contribution in [3.8, 4) is 11.5 Å². The van der Waals surface area contributed by atoms with E-state index in [0.29, 0.717) is 6.79 Å². The van der Waals surface area contributed by atoms with E-state index in [1.807, 2.05) is 6.07 Å². The molecule has 0 saturated carbocycles. The monoisotopic (exact) mass is 504 g/mol. The van der Waals surface area contributed by atoms with E-state index in [4.69, 9.17) is 19.2 Å². The Balaban J connectivity index is 0.00000280. The summed E-state index contributed by atoms with van der Waals surface area (Å²) in [6.45, 7) is 9.97. The highest BCUT2D eigenvalue weighted by Gasteiger charge is 2.13. The van der Waals surface area contributed by atoms with E-state index in [-0.39, 0.29) is 24.0 Å². The number of benzene rings is 1. The second-order valence-corrected chi connectivity index (χ2v) is 6.79. The first-order chi connectivity index (χ1) is 13.3. The van der Waals surface area contributed by atoms with Crippen molar-refractivity contribution in [3.05, 3.63) is 23.8 Å². The number of unbranched alkanes of at least 4 members (excludes halogenated alkanes) is 1. The van der Waals surface area contributed by atoms with Crippen molar-refractivity contribution in [2.75, 3.05) is 59.3 Å². The molecule has 0 spiro atoms. The Hall–Kier alpha value is -1.26. The number of morpholine rings is 1. The normalized spacial score (nSPS) is 16.5. The van der Waals surface area contributed by atoms with Crippen molar-refractivity contribution >= 4 is 29.9 Å². The standard InChI is InChI=1S/C20H32N4O3.HI/c1-2-21-20(22-8-3-4-10-24-11-13-25-14-12-24)23-9-7-17-5-6-18-19(15-17)27-16-26-18;/h5-6,15H,2-4,7-14,16H2,1H3,(H2,21,22,23);1H. The number of halogens is 1. The van der Waals surface area contributed by atoms with Crippen molar-refractivity contribution in [3.63, 3.8) is 0 Å². The van der Waals surface area contributed by atoms with Crippen molar-refractivity contribution < 1.29 is 14.2 Å². The van der Waals surface area contributed by atoms with Crippen LogP contribution in [0.4, 0.5) is 0 Å². The molecule has 0 aromatic heterocycles. The van der Waals surface area contributed by atoms with Gasteiger partial charge in [0.15, 0.2) is 17.5 Å². The fourth-order valence-corrected chi connectivity index (χ4v) is 3.23. The Kier molecular flexibility index (Phi) is 10.7. The maximum atomic E-state index is 5.44. The molecule has 0 radical (unpaired) electrons. The molecule has 158 valence electrons. The molecule has 1 aromatic carbocycles. The summed E-state index contributed by atoms with van der Waals surface area (Å²) in [6.07, 6.45) is 3.20. The molecule has 2 N–H and O–H groups in total. The van der Waals surface area contributed by atoms with Crippen LogP contribution >= 0.6 is 24.0 Å². The van der Waals surface area contributed by atoms with Crippen molar-refractivity contribution in [2.24, 2.45) is 4.99 Å². The lowest BCUT2D eigenvalue weighted by Crippen LogP contribution is -2.38. The molecule has 2 aliphatic rings. The minimum absolute atomic E-state index is 0. The van der Waals surface area contributed by atoms with Crippen LogP contribution in [0.5, 0.6) is 11.5 Å². The molecular formula is C20H33IN4O3. The molecule has 0 amide bonds. The number of guanidine groups is 1. The van der Waals surface area contributed by atoms with Gasteiger partial charge >= 0.3 is 0 Å². The topological polar surface area (TPSA) is 67.4 Å². The Bertz CT molecular complexity index is 609. The van der Waals surface area contributed by atoms with Crippen molar-refractivity contribution in [2.45, 2.75) is 26.2 Å². The summed E-state index contributed by atoms with van der Waals surface area (Å²) in [7, 11) is 0. The van der Waals surface area contributed by atoms with Gasteiger partial charge in [0.1, 0.15) is 0 Å². The Morgan fingerprint density at radius 2 is 1.93 bits per heavy atom. The first kappa shape index (κ1) is 23.0. The fraction of sp³-hybridized carbons (Fsp3) is 0.650. The number of ether oxygens (including phenoxy) is 3. The molecule has 1 aromatic rings. The van der Waals surface area contributed by atoms with Crippen LogP contribution in [0, 0.1) is 0 Å². The number of nitrogens with one attached hydrogen (secondary N) is 2. The summed E-state index contributed by atoms with van der Waals surface area (Å²) < 4.78 is 16.2. The average Bonchev–Trinajstić information content (AvgIpc) is 3.16. The zero-order valence-corrected chi connectivity index (χ0v) is 19.1. The quantitative estimate of drug-likeness (QED) is 0.233. The minimum atomic E-state index is 0. The van der Waals surface area contributed by atoms with Gasteiger partial charge in [-0.2, -0.15) is 0 Å². The molecule has 0 bridgehead atoms. The van der Waals surface area contributed by atoms with Crippen LogP contribution in [-0.4, -0.2) is 70.1 Å². The molecule has 3 rings (SSSR count). The molecule has 0 aliphatic carbocycles. The zero-order valence-electron chi connectivity index (χ0n) is 16.7. The number of nitrogens with zero attached hydrogens (tertiary/aromatic N) is 2. The molecule has 7 nitrogen and oxygen atoms in total. The summed E-state index contributed by atoms with van der Waals surface area (Å²) in [5, 5.41) is 6.74. The summed E-state index contributed by atoms with van der Waals surface area (Å²) in [4.78, 5) is 7.17. The number of fused-ring (bicyclic) bond motifs is 1. The van der Waals surface area contributed by atoms with Gasteiger partial charge in [-0.05, 0) is 50.4 Å². The summed E-state index contributed by atoms with van der Waals surface area (Å²) >= 11 is 0. The lowest BCUT2D eigenvalue weighted by atomic mass is 10.1. The van der Waals surface area contributed by atoms with Crippen LogP contribution in [-0.2, 0) is 11.2 Å². The molecule has 8 heteroatoms. The average molecular weight is 504 g/mol. The zero-order chi connectivity index (χ0) is 18.7. The largest absolute Gasteiger partial charge is 0.454 e. The molecule has 1 saturated heterocycles. The van der Waals surface area contributed by atoms with Gasteiger partial charge in [-0.25, -0.2) is 0 Å². The molecule has 0 atom stereocenters.